The highest BCUT2D eigenvalue weighted by Gasteiger charge is 2.42. The first-order chi connectivity index (χ1) is 9.33. The summed E-state index contributed by atoms with van der Waals surface area (Å²) >= 11 is 0. The first-order valence-electron chi connectivity index (χ1n) is 7.56. The average Bonchev–Trinajstić information content (AvgIpc) is 3.18. The Kier molecular flexibility index (Phi) is 1.78. The van der Waals surface area contributed by atoms with Crippen molar-refractivity contribution in [1.29, 1.82) is 0 Å². The number of aryl methyl sites for hydroxylation is 1. The maximum atomic E-state index is 2.43. The van der Waals surface area contributed by atoms with E-state index in [-0.39, 0.29) is 0 Å². The lowest BCUT2D eigenvalue weighted by Gasteiger charge is -2.24. The van der Waals surface area contributed by atoms with Crippen LogP contribution in [0.1, 0.15) is 48.8 Å². The number of fused-ring (bicyclic) bond motifs is 2. The van der Waals surface area contributed by atoms with E-state index in [2.05, 4.69) is 37.3 Å². The van der Waals surface area contributed by atoms with Gasteiger partial charge in [0.15, 0.2) is 0 Å². The minimum absolute atomic E-state index is 0.859. The minimum Gasteiger partial charge on any atom is -0.0692 e. The van der Waals surface area contributed by atoms with Gasteiger partial charge in [-0.15, -0.1) is 0 Å². The molecule has 0 amide bonds. The zero-order valence-electron chi connectivity index (χ0n) is 11.4. The quantitative estimate of drug-likeness (QED) is 0.609. The van der Waals surface area contributed by atoms with Gasteiger partial charge in [0, 0.05) is 0 Å². The van der Waals surface area contributed by atoms with Crippen molar-refractivity contribution in [3.8, 4) is 0 Å². The average molecular weight is 246 g/mol. The van der Waals surface area contributed by atoms with Crippen LogP contribution in [0, 0.1) is 5.92 Å². The standard InChI is InChI=1S/C19H18/c1-11-9-14-10-17(14)16-8-6-13-4-2-3-12-5-7-15(11)19(16)18(12)13/h2-4,6,8,14,17H,5,7,9-10H2,1H3. The molecule has 0 N–H and O–H groups in total. The monoisotopic (exact) mass is 246 g/mol. The second-order valence-electron chi connectivity index (χ2n) is 6.61. The molecule has 0 heterocycles. The molecule has 1 fully saturated rings. The summed E-state index contributed by atoms with van der Waals surface area (Å²) in [5, 5.41) is 3.02. The third kappa shape index (κ3) is 1.25. The molecule has 2 aromatic carbocycles. The Hall–Kier alpha value is -1.56. The third-order valence-electron chi connectivity index (χ3n) is 5.52. The van der Waals surface area contributed by atoms with E-state index >= 15 is 0 Å². The molecule has 19 heavy (non-hydrogen) atoms. The van der Waals surface area contributed by atoms with Gasteiger partial charge >= 0.3 is 0 Å². The molecule has 0 spiro atoms. The fraction of sp³-hybridized carbons (Fsp3) is 0.368. The molecular formula is C19H18. The normalized spacial score (nSPS) is 27.2. The number of hydrogen-bond acceptors (Lipinski definition) is 0. The smallest absolute Gasteiger partial charge is 0.00736 e. The number of hydrogen-bond donors (Lipinski definition) is 0. The van der Waals surface area contributed by atoms with Crippen LogP contribution in [-0.2, 0) is 6.42 Å². The van der Waals surface area contributed by atoms with Crippen molar-refractivity contribution in [3.05, 3.63) is 52.6 Å². The van der Waals surface area contributed by atoms with E-state index in [1.165, 1.54) is 31.1 Å². The molecule has 1 saturated carbocycles. The van der Waals surface area contributed by atoms with Gasteiger partial charge in [0.05, 0.1) is 0 Å². The molecule has 2 unspecified atom stereocenters. The van der Waals surface area contributed by atoms with Crippen LogP contribution in [0.3, 0.4) is 0 Å². The van der Waals surface area contributed by atoms with Gasteiger partial charge in [-0.25, -0.2) is 0 Å². The highest BCUT2D eigenvalue weighted by molar-refractivity contribution is 6.00. The SMILES string of the molecule is CC1=C2CCc3cccc4ccc(c2c34)C2CC2C1. The van der Waals surface area contributed by atoms with Crippen LogP contribution in [-0.4, -0.2) is 0 Å². The minimum atomic E-state index is 0.859. The van der Waals surface area contributed by atoms with Crippen LogP contribution in [0.4, 0.5) is 0 Å². The van der Waals surface area contributed by atoms with Crippen LogP contribution >= 0.6 is 0 Å². The van der Waals surface area contributed by atoms with E-state index in [1.54, 1.807) is 33.2 Å². The first kappa shape index (κ1) is 10.3. The van der Waals surface area contributed by atoms with Crippen molar-refractivity contribution < 1.29 is 0 Å². The van der Waals surface area contributed by atoms with E-state index < -0.39 is 0 Å². The topological polar surface area (TPSA) is 0 Å². The summed E-state index contributed by atoms with van der Waals surface area (Å²) in [6.07, 6.45) is 5.26. The molecule has 94 valence electrons. The lowest BCUT2D eigenvalue weighted by molar-refractivity contribution is 0.793. The maximum Gasteiger partial charge on any atom is -0.00736 e. The Morgan fingerprint density at radius 1 is 1.05 bits per heavy atom. The van der Waals surface area contributed by atoms with Gasteiger partial charge in [0.25, 0.3) is 0 Å². The Bertz CT molecular complexity index is 748. The van der Waals surface area contributed by atoms with Gasteiger partial charge in [0.1, 0.15) is 0 Å². The second-order valence-corrected chi connectivity index (χ2v) is 6.61. The molecule has 3 aliphatic carbocycles. The van der Waals surface area contributed by atoms with Crippen molar-refractivity contribution in [2.24, 2.45) is 5.92 Å². The molecule has 5 rings (SSSR count). The highest BCUT2D eigenvalue weighted by Crippen LogP contribution is 2.58. The zero-order chi connectivity index (χ0) is 12.6. The van der Waals surface area contributed by atoms with Crippen LogP contribution in [0.2, 0.25) is 0 Å². The van der Waals surface area contributed by atoms with Crippen molar-refractivity contribution in [3.63, 3.8) is 0 Å². The summed E-state index contributed by atoms with van der Waals surface area (Å²) in [4.78, 5) is 0. The van der Waals surface area contributed by atoms with Gasteiger partial charge in [0.2, 0.25) is 0 Å². The summed E-state index contributed by atoms with van der Waals surface area (Å²) in [7, 11) is 0. The number of benzene rings is 2. The summed E-state index contributed by atoms with van der Waals surface area (Å²) in [6.45, 7) is 2.38. The Labute approximate surface area is 114 Å². The third-order valence-corrected chi connectivity index (χ3v) is 5.52. The van der Waals surface area contributed by atoms with Crippen LogP contribution in [0.15, 0.2) is 35.9 Å². The van der Waals surface area contributed by atoms with Crippen LogP contribution < -0.4 is 0 Å². The Morgan fingerprint density at radius 3 is 2.95 bits per heavy atom. The molecule has 0 saturated heterocycles. The molecular weight excluding hydrogens is 228 g/mol. The molecule has 2 aromatic rings. The fourth-order valence-corrected chi connectivity index (χ4v) is 4.50. The number of allylic oxidation sites excluding steroid dienone is 2. The summed E-state index contributed by atoms with van der Waals surface area (Å²) in [6, 6.07) is 11.6. The summed E-state index contributed by atoms with van der Waals surface area (Å²) in [5.74, 6) is 1.80. The van der Waals surface area contributed by atoms with E-state index in [9.17, 15) is 0 Å². The van der Waals surface area contributed by atoms with Gasteiger partial charge in [-0.2, -0.15) is 0 Å². The van der Waals surface area contributed by atoms with Crippen molar-refractivity contribution in [1.82, 2.24) is 0 Å². The van der Waals surface area contributed by atoms with Crippen molar-refractivity contribution in [2.45, 2.75) is 38.5 Å². The summed E-state index contributed by atoms with van der Waals surface area (Å²) < 4.78 is 0. The first-order valence-corrected chi connectivity index (χ1v) is 7.56. The van der Waals surface area contributed by atoms with Crippen molar-refractivity contribution in [2.75, 3.05) is 0 Å². The van der Waals surface area contributed by atoms with Gasteiger partial charge in [-0.05, 0) is 77.5 Å². The van der Waals surface area contributed by atoms with Gasteiger partial charge in [-0.1, -0.05) is 35.9 Å². The highest BCUT2D eigenvalue weighted by atomic mass is 14.5. The van der Waals surface area contributed by atoms with E-state index in [0.29, 0.717) is 0 Å². The van der Waals surface area contributed by atoms with Gasteiger partial charge in [-0.3, -0.25) is 0 Å². The van der Waals surface area contributed by atoms with E-state index in [1.807, 2.05) is 0 Å². The molecule has 2 atom stereocenters. The largest absolute Gasteiger partial charge is 0.0692 e. The molecule has 0 aliphatic heterocycles. The van der Waals surface area contributed by atoms with Crippen LogP contribution in [0.5, 0.6) is 0 Å². The zero-order valence-corrected chi connectivity index (χ0v) is 11.4. The van der Waals surface area contributed by atoms with E-state index in [0.717, 1.165) is 11.8 Å². The lowest BCUT2D eigenvalue weighted by Crippen LogP contribution is -2.04. The molecule has 0 aromatic heterocycles. The molecule has 0 radical (unpaired) electrons. The predicted octanol–water partition coefficient (Wildman–Crippen LogP) is 5.07. The lowest BCUT2D eigenvalue weighted by atomic mass is 9.80. The molecule has 3 aliphatic rings. The van der Waals surface area contributed by atoms with Gasteiger partial charge < -0.3 is 0 Å². The van der Waals surface area contributed by atoms with Crippen LogP contribution in [0.25, 0.3) is 16.3 Å². The predicted molar refractivity (Wildman–Crippen MR) is 80.3 cm³/mol. The fourth-order valence-electron chi connectivity index (χ4n) is 4.50. The second kappa shape index (κ2) is 3.30. The number of rotatable bonds is 0. The van der Waals surface area contributed by atoms with Crippen molar-refractivity contribution >= 4 is 16.3 Å². The molecule has 0 nitrogen and oxygen atoms in total. The maximum absolute atomic E-state index is 2.43. The Balaban J connectivity index is 1.99. The summed E-state index contributed by atoms with van der Waals surface area (Å²) in [5.41, 5.74) is 8.24. The molecule has 0 heteroatoms. The molecule has 0 bridgehead atoms. The van der Waals surface area contributed by atoms with E-state index in [4.69, 9.17) is 0 Å². The Morgan fingerprint density at radius 2 is 2.00 bits per heavy atom.